The number of nitrogens with zero attached hydrogens (tertiary/aromatic N) is 6. The number of benzene rings is 1. The number of nitrogens with one attached hydrogen (secondary N) is 2. The van der Waals surface area contributed by atoms with Crippen molar-refractivity contribution in [1.29, 1.82) is 0 Å². The van der Waals surface area contributed by atoms with E-state index in [0.29, 0.717) is 23.9 Å². The topological polar surface area (TPSA) is 168 Å². The lowest BCUT2D eigenvalue weighted by Crippen LogP contribution is -2.34. The number of hydrogen-bond donors (Lipinski definition) is 2. The van der Waals surface area contributed by atoms with Gasteiger partial charge >= 0.3 is 11.8 Å². The van der Waals surface area contributed by atoms with Crippen LogP contribution in [0.15, 0.2) is 30.6 Å². The molecule has 0 spiro atoms. The molecule has 188 valence electrons. The number of nitro groups is 1. The molecule has 0 saturated heterocycles. The molecule has 3 heterocycles. The van der Waals surface area contributed by atoms with Crippen LogP contribution in [0.1, 0.15) is 23.8 Å². The first-order valence-electron chi connectivity index (χ1n) is 10.6. The highest BCUT2D eigenvalue weighted by Gasteiger charge is 2.21. The minimum absolute atomic E-state index is 0.00205. The average Bonchev–Trinajstić information content (AvgIpc) is 3.45. The van der Waals surface area contributed by atoms with E-state index in [2.05, 4.69) is 25.8 Å². The van der Waals surface area contributed by atoms with Crippen molar-refractivity contribution in [2.45, 2.75) is 25.9 Å². The van der Waals surface area contributed by atoms with Crippen molar-refractivity contribution in [3.05, 3.63) is 51.6 Å². The number of hydrogen-bond acceptors (Lipinski definition) is 9. The Morgan fingerprint density at radius 1 is 1.25 bits per heavy atom. The predicted octanol–water partition coefficient (Wildman–Crippen LogP) is 2.58. The van der Waals surface area contributed by atoms with Crippen molar-refractivity contribution in [3.63, 3.8) is 0 Å². The second kappa shape index (κ2) is 10.0. The van der Waals surface area contributed by atoms with Gasteiger partial charge in [-0.3, -0.25) is 19.6 Å². The summed E-state index contributed by atoms with van der Waals surface area (Å²) in [7, 11) is 2.77. The van der Waals surface area contributed by atoms with Crippen molar-refractivity contribution in [2.24, 2.45) is 0 Å². The lowest BCUT2D eigenvalue weighted by atomic mass is 10.2. The Kier molecular flexibility index (Phi) is 6.87. The maximum Gasteiger partial charge on any atom is 0.412 e. The number of fused-ring (bicyclic) bond motifs is 2. The molecule has 1 atom stereocenters. The zero-order valence-electron chi connectivity index (χ0n) is 19.4. The number of aryl methyl sites for hydroxylation is 1. The molecule has 0 aliphatic heterocycles. The second-order valence-corrected chi connectivity index (χ2v) is 8.11. The Morgan fingerprint density at radius 2 is 2.03 bits per heavy atom. The number of aromatic nitrogens is 5. The van der Waals surface area contributed by atoms with Gasteiger partial charge in [0, 0.05) is 37.2 Å². The van der Waals surface area contributed by atoms with E-state index < -0.39 is 16.9 Å². The molecule has 3 aromatic heterocycles. The van der Waals surface area contributed by atoms with E-state index in [1.165, 1.54) is 37.0 Å². The summed E-state index contributed by atoms with van der Waals surface area (Å²) >= 11 is 6.03. The van der Waals surface area contributed by atoms with Gasteiger partial charge in [-0.15, -0.1) is 0 Å². The first-order chi connectivity index (χ1) is 17.2. The summed E-state index contributed by atoms with van der Waals surface area (Å²) in [6.45, 7) is 2.19. The van der Waals surface area contributed by atoms with E-state index in [4.69, 9.17) is 21.1 Å². The minimum Gasteiger partial charge on any atom is -0.490 e. The van der Waals surface area contributed by atoms with E-state index >= 15 is 0 Å². The molecular formula is C21H21ClN8O6. The highest BCUT2D eigenvalue weighted by atomic mass is 35.5. The van der Waals surface area contributed by atoms with E-state index in [1.807, 2.05) is 0 Å². The van der Waals surface area contributed by atoms with Gasteiger partial charge in [-0.05, 0) is 19.4 Å². The zero-order chi connectivity index (χ0) is 26.0. The molecule has 1 aromatic carbocycles. The van der Waals surface area contributed by atoms with Crippen LogP contribution in [0.3, 0.4) is 0 Å². The summed E-state index contributed by atoms with van der Waals surface area (Å²) < 4.78 is 13.1. The van der Waals surface area contributed by atoms with Gasteiger partial charge in [0.25, 0.3) is 5.91 Å². The van der Waals surface area contributed by atoms with E-state index in [1.54, 1.807) is 23.9 Å². The SMILES string of the molecule is CNC(=O)Oc1cc(Cl)nn2c(C(=O)NC(C)CCn3ncc4cc(OC)c([N+](=O)[O-])cc43)cnc12. The number of amides is 2. The van der Waals surface area contributed by atoms with Crippen LogP contribution in [0.5, 0.6) is 11.5 Å². The number of ether oxygens (including phenoxy) is 2. The maximum atomic E-state index is 12.9. The fraction of sp³-hybridized carbons (Fsp3) is 0.286. The van der Waals surface area contributed by atoms with Crippen molar-refractivity contribution < 1.29 is 24.0 Å². The van der Waals surface area contributed by atoms with Crippen LogP contribution >= 0.6 is 11.6 Å². The molecule has 0 aliphatic rings. The summed E-state index contributed by atoms with van der Waals surface area (Å²) in [4.78, 5) is 39.5. The molecule has 0 bridgehead atoms. The highest BCUT2D eigenvalue weighted by molar-refractivity contribution is 6.29. The third-order valence-corrected chi connectivity index (χ3v) is 5.52. The summed E-state index contributed by atoms with van der Waals surface area (Å²) in [6, 6.07) is 3.98. The lowest BCUT2D eigenvalue weighted by molar-refractivity contribution is -0.385. The van der Waals surface area contributed by atoms with Gasteiger partial charge in [0.2, 0.25) is 0 Å². The van der Waals surface area contributed by atoms with Crippen molar-refractivity contribution >= 4 is 45.8 Å². The fourth-order valence-corrected chi connectivity index (χ4v) is 3.73. The molecule has 2 amide bonds. The molecule has 36 heavy (non-hydrogen) atoms. The summed E-state index contributed by atoms with van der Waals surface area (Å²) in [5.41, 5.74) is 0.645. The lowest BCUT2D eigenvalue weighted by Gasteiger charge is -2.14. The van der Waals surface area contributed by atoms with Gasteiger partial charge in [0.05, 0.1) is 29.9 Å². The van der Waals surface area contributed by atoms with Gasteiger partial charge in [-0.2, -0.15) is 10.2 Å². The van der Waals surface area contributed by atoms with Crippen LogP contribution in [0.4, 0.5) is 10.5 Å². The molecule has 4 rings (SSSR count). The van der Waals surface area contributed by atoms with Crippen molar-refractivity contribution in [1.82, 2.24) is 35.0 Å². The molecule has 0 saturated carbocycles. The first kappa shape index (κ1) is 24.7. The normalized spacial score (nSPS) is 11.9. The molecule has 0 fully saturated rings. The number of methoxy groups -OCH3 is 1. The molecule has 2 N–H and O–H groups in total. The third kappa shape index (κ3) is 4.84. The third-order valence-electron chi connectivity index (χ3n) is 5.33. The number of rotatable bonds is 8. The largest absolute Gasteiger partial charge is 0.490 e. The summed E-state index contributed by atoms with van der Waals surface area (Å²) in [5.74, 6) is -0.280. The van der Waals surface area contributed by atoms with Crippen LogP contribution in [0.25, 0.3) is 16.6 Å². The van der Waals surface area contributed by atoms with Crippen LogP contribution in [0.2, 0.25) is 5.15 Å². The predicted molar refractivity (Wildman–Crippen MR) is 128 cm³/mol. The number of carbonyl (C=O) groups is 2. The standard InChI is InChI=1S/C21H21ClN8O6/c1-11(4-5-28-13-7-14(30(33)34)16(35-3)6-12(13)9-25-28)26-20(31)15-10-24-19-17(36-21(32)23-2)8-18(22)27-29(15)19/h6-11H,4-5H2,1-3H3,(H,23,32)(H,26,31). The van der Waals surface area contributed by atoms with Crippen molar-refractivity contribution in [3.8, 4) is 11.5 Å². The smallest absolute Gasteiger partial charge is 0.412 e. The Morgan fingerprint density at radius 3 is 2.72 bits per heavy atom. The Labute approximate surface area is 208 Å². The zero-order valence-corrected chi connectivity index (χ0v) is 20.1. The summed E-state index contributed by atoms with van der Waals surface area (Å²) in [5, 5.41) is 25.6. The van der Waals surface area contributed by atoms with Crippen LogP contribution in [-0.2, 0) is 6.54 Å². The fourth-order valence-electron chi connectivity index (χ4n) is 3.56. The second-order valence-electron chi connectivity index (χ2n) is 7.72. The van der Waals surface area contributed by atoms with Crippen LogP contribution < -0.4 is 20.1 Å². The molecule has 14 nitrogen and oxygen atoms in total. The Balaban J connectivity index is 1.48. The van der Waals surface area contributed by atoms with E-state index in [0.717, 1.165) is 0 Å². The Bertz CT molecular complexity index is 1480. The highest BCUT2D eigenvalue weighted by Crippen LogP contribution is 2.32. The summed E-state index contributed by atoms with van der Waals surface area (Å²) in [6.07, 6.45) is 2.64. The minimum atomic E-state index is -0.725. The molecule has 0 aliphatic carbocycles. The first-order valence-corrected chi connectivity index (χ1v) is 11.0. The van der Waals surface area contributed by atoms with E-state index in [9.17, 15) is 19.7 Å². The van der Waals surface area contributed by atoms with Gasteiger partial charge in [-0.25, -0.2) is 14.3 Å². The average molecular weight is 517 g/mol. The van der Waals surface area contributed by atoms with Gasteiger partial charge in [0.1, 0.15) is 0 Å². The molecular weight excluding hydrogens is 496 g/mol. The Hall–Kier alpha value is -4.46. The van der Waals surface area contributed by atoms with E-state index in [-0.39, 0.29) is 39.7 Å². The van der Waals surface area contributed by atoms with Gasteiger partial charge < -0.3 is 20.1 Å². The monoisotopic (exact) mass is 516 g/mol. The quantitative estimate of drug-likeness (QED) is 0.264. The number of nitro benzene ring substituents is 1. The number of halogens is 1. The van der Waals surface area contributed by atoms with Gasteiger partial charge in [0.15, 0.2) is 28.0 Å². The number of carbonyl (C=O) groups excluding carboxylic acids is 2. The number of imidazole rings is 1. The molecule has 1 unspecified atom stereocenters. The van der Waals surface area contributed by atoms with Crippen LogP contribution in [0, 0.1) is 10.1 Å². The maximum absolute atomic E-state index is 12.9. The van der Waals surface area contributed by atoms with Crippen LogP contribution in [-0.4, -0.2) is 61.5 Å². The molecule has 15 heteroatoms. The van der Waals surface area contributed by atoms with Crippen molar-refractivity contribution in [2.75, 3.05) is 14.2 Å². The molecule has 4 aromatic rings. The molecule has 0 radical (unpaired) electrons. The van der Waals surface area contributed by atoms with Gasteiger partial charge in [-0.1, -0.05) is 11.6 Å².